The van der Waals surface area contributed by atoms with Crippen LogP contribution in [-0.2, 0) is 9.59 Å². The molecule has 21 heavy (non-hydrogen) atoms. The van der Waals surface area contributed by atoms with Crippen LogP contribution in [0.15, 0.2) is 24.3 Å². The molecule has 0 heterocycles. The van der Waals surface area contributed by atoms with Crippen LogP contribution in [0.2, 0.25) is 0 Å². The molecule has 0 aliphatic heterocycles. The van der Waals surface area contributed by atoms with Crippen LogP contribution in [0.4, 0.5) is 14.5 Å². The largest absolute Gasteiger partial charge is 0.550 e. The molecule has 0 atom stereocenters. The zero-order valence-corrected chi connectivity index (χ0v) is 11.7. The van der Waals surface area contributed by atoms with Crippen molar-refractivity contribution in [1.82, 2.24) is 0 Å². The predicted octanol–water partition coefficient (Wildman–Crippen LogP) is 1.78. The Morgan fingerprint density at radius 2 is 1.81 bits per heavy atom. The van der Waals surface area contributed by atoms with Gasteiger partial charge in [-0.1, -0.05) is 13.8 Å². The lowest BCUT2D eigenvalue weighted by Gasteiger charge is -2.24. The third-order valence-electron chi connectivity index (χ3n) is 2.63. The number of hydrogen-bond acceptors (Lipinski definition) is 4. The smallest absolute Gasteiger partial charge is 0.387 e. The van der Waals surface area contributed by atoms with Crippen molar-refractivity contribution in [1.29, 1.82) is 0 Å². The first-order valence-corrected chi connectivity index (χ1v) is 6.22. The van der Waals surface area contributed by atoms with Crippen LogP contribution in [0.3, 0.4) is 0 Å². The maximum atomic E-state index is 12.0. The molecule has 0 aliphatic rings. The van der Waals surface area contributed by atoms with Crippen molar-refractivity contribution < 1.29 is 28.2 Å². The van der Waals surface area contributed by atoms with Gasteiger partial charge >= 0.3 is 6.61 Å². The molecule has 0 radical (unpaired) electrons. The Morgan fingerprint density at radius 3 is 2.29 bits per heavy atom. The number of rotatable bonds is 7. The van der Waals surface area contributed by atoms with Gasteiger partial charge in [-0.3, -0.25) is 4.79 Å². The van der Waals surface area contributed by atoms with E-state index in [1.165, 1.54) is 24.3 Å². The van der Waals surface area contributed by atoms with E-state index in [4.69, 9.17) is 0 Å². The zero-order chi connectivity index (χ0) is 16.0. The Bertz CT molecular complexity index is 500. The molecule has 0 bridgehead atoms. The normalized spacial score (nSPS) is 11.3. The molecule has 7 heteroatoms. The van der Waals surface area contributed by atoms with Crippen LogP contribution in [0.25, 0.3) is 0 Å². The predicted molar refractivity (Wildman–Crippen MR) is 69.7 cm³/mol. The van der Waals surface area contributed by atoms with Gasteiger partial charge in [-0.15, -0.1) is 0 Å². The highest BCUT2D eigenvalue weighted by Gasteiger charge is 2.22. The van der Waals surface area contributed by atoms with Crippen LogP contribution >= 0.6 is 0 Å². The maximum Gasteiger partial charge on any atom is 0.387 e. The van der Waals surface area contributed by atoms with E-state index < -0.39 is 18.0 Å². The first kappa shape index (κ1) is 16.9. The number of amides is 1. The van der Waals surface area contributed by atoms with Crippen molar-refractivity contribution in [2.75, 3.05) is 5.32 Å². The first-order valence-electron chi connectivity index (χ1n) is 6.22. The number of hydrogen-bond donors (Lipinski definition) is 1. The van der Waals surface area contributed by atoms with E-state index in [2.05, 4.69) is 10.1 Å². The number of alkyl halides is 2. The minimum atomic E-state index is -2.91. The molecular weight excluding hydrogens is 284 g/mol. The number of nitrogens with one attached hydrogen (secondary N) is 1. The summed E-state index contributed by atoms with van der Waals surface area (Å²) >= 11 is 0. The van der Waals surface area contributed by atoms with E-state index in [9.17, 15) is 23.5 Å². The van der Waals surface area contributed by atoms with Crippen molar-refractivity contribution in [2.24, 2.45) is 5.41 Å². The molecule has 0 aliphatic carbocycles. The number of ether oxygens (including phenoxy) is 1. The lowest BCUT2D eigenvalue weighted by atomic mass is 9.85. The van der Waals surface area contributed by atoms with Crippen LogP contribution in [0, 0.1) is 5.41 Å². The summed E-state index contributed by atoms with van der Waals surface area (Å²) in [6.45, 7) is 0.375. The fourth-order valence-corrected chi connectivity index (χ4v) is 1.81. The second kappa shape index (κ2) is 7.01. The lowest BCUT2D eigenvalue weighted by Crippen LogP contribution is -2.31. The maximum absolute atomic E-state index is 12.0. The first-order chi connectivity index (χ1) is 9.68. The summed E-state index contributed by atoms with van der Waals surface area (Å²) < 4.78 is 28.1. The number of carbonyl (C=O) groups excluding carboxylic acids is 2. The topological polar surface area (TPSA) is 78.5 Å². The molecule has 1 aromatic carbocycles. The molecule has 116 valence electrons. The van der Waals surface area contributed by atoms with Gasteiger partial charge < -0.3 is 20.0 Å². The van der Waals surface area contributed by atoms with E-state index in [-0.39, 0.29) is 24.5 Å². The average molecular weight is 300 g/mol. The minimum absolute atomic E-state index is 0.00370. The van der Waals surface area contributed by atoms with Gasteiger partial charge in [-0.2, -0.15) is 8.78 Å². The summed E-state index contributed by atoms with van der Waals surface area (Å²) in [5.41, 5.74) is -0.326. The van der Waals surface area contributed by atoms with Crippen LogP contribution < -0.4 is 15.2 Å². The average Bonchev–Trinajstić information content (AvgIpc) is 2.28. The van der Waals surface area contributed by atoms with Crippen molar-refractivity contribution >= 4 is 17.6 Å². The van der Waals surface area contributed by atoms with Gasteiger partial charge in [0.15, 0.2) is 0 Å². The monoisotopic (exact) mass is 300 g/mol. The van der Waals surface area contributed by atoms with Crippen LogP contribution in [0.5, 0.6) is 5.75 Å². The Kier molecular flexibility index (Phi) is 5.63. The fourth-order valence-electron chi connectivity index (χ4n) is 1.81. The number of carboxylic acids is 1. The van der Waals surface area contributed by atoms with Gasteiger partial charge in [0.05, 0.1) is 0 Å². The Labute approximate surface area is 120 Å². The second-order valence-corrected chi connectivity index (χ2v) is 5.34. The highest BCUT2D eigenvalue weighted by Crippen LogP contribution is 2.25. The quantitative estimate of drug-likeness (QED) is 0.832. The molecule has 0 unspecified atom stereocenters. The molecule has 1 rings (SSSR count). The number of carbonyl (C=O) groups is 2. The molecule has 0 saturated heterocycles. The lowest BCUT2D eigenvalue weighted by molar-refractivity contribution is -0.307. The molecule has 1 aromatic rings. The summed E-state index contributed by atoms with van der Waals surface area (Å²) in [6, 6.07) is 5.44. The Morgan fingerprint density at radius 1 is 1.24 bits per heavy atom. The number of carboxylic acid groups (broad SMARTS) is 1. The standard InChI is InChI=1S/C14H17F2NO4/c1-14(2,8-12(19)20)7-11(18)17-9-3-5-10(6-4-9)21-13(15)16/h3-6,13H,7-8H2,1-2H3,(H,17,18)(H,19,20)/p-1. The van der Waals surface area contributed by atoms with Gasteiger partial charge in [-0.25, -0.2) is 0 Å². The molecule has 1 N–H and O–H groups in total. The van der Waals surface area contributed by atoms with E-state index in [1.807, 2.05) is 0 Å². The molecule has 0 spiro atoms. The van der Waals surface area contributed by atoms with Gasteiger partial charge in [0.1, 0.15) is 5.75 Å². The minimum Gasteiger partial charge on any atom is -0.550 e. The molecular formula is C14H16F2NO4-. The van der Waals surface area contributed by atoms with Gasteiger partial charge in [0.25, 0.3) is 0 Å². The fraction of sp³-hybridized carbons (Fsp3) is 0.429. The summed E-state index contributed by atoms with van der Waals surface area (Å²) in [6.07, 6.45) is -0.238. The molecule has 1 amide bonds. The van der Waals surface area contributed by atoms with E-state index in [0.717, 1.165) is 0 Å². The molecule has 0 fully saturated rings. The van der Waals surface area contributed by atoms with Crippen molar-refractivity contribution in [3.05, 3.63) is 24.3 Å². The molecule has 5 nitrogen and oxygen atoms in total. The Hall–Kier alpha value is -2.18. The van der Waals surface area contributed by atoms with Crippen molar-refractivity contribution in [3.63, 3.8) is 0 Å². The third-order valence-corrected chi connectivity index (χ3v) is 2.63. The van der Waals surface area contributed by atoms with Crippen LogP contribution in [0.1, 0.15) is 26.7 Å². The van der Waals surface area contributed by atoms with Crippen molar-refractivity contribution in [3.8, 4) is 5.75 Å². The highest BCUT2D eigenvalue weighted by molar-refractivity contribution is 5.91. The summed E-state index contributed by atoms with van der Waals surface area (Å²) in [5.74, 6) is -1.61. The van der Waals surface area contributed by atoms with E-state index in [0.29, 0.717) is 5.69 Å². The third kappa shape index (κ3) is 6.69. The Balaban J connectivity index is 2.56. The molecule has 0 aromatic heterocycles. The summed E-state index contributed by atoms with van der Waals surface area (Å²) in [7, 11) is 0. The summed E-state index contributed by atoms with van der Waals surface area (Å²) in [5, 5.41) is 13.1. The van der Waals surface area contributed by atoms with Gasteiger partial charge in [0.2, 0.25) is 5.91 Å². The zero-order valence-electron chi connectivity index (χ0n) is 11.7. The van der Waals surface area contributed by atoms with Crippen LogP contribution in [-0.4, -0.2) is 18.5 Å². The van der Waals surface area contributed by atoms with E-state index in [1.54, 1.807) is 13.8 Å². The second-order valence-electron chi connectivity index (χ2n) is 5.34. The highest BCUT2D eigenvalue weighted by atomic mass is 19.3. The number of benzene rings is 1. The number of aliphatic carboxylic acids is 1. The van der Waals surface area contributed by atoms with Gasteiger partial charge in [-0.05, 0) is 36.1 Å². The number of anilines is 1. The summed E-state index contributed by atoms with van der Waals surface area (Å²) in [4.78, 5) is 22.4. The number of halogens is 2. The van der Waals surface area contributed by atoms with Crippen molar-refractivity contribution in [2.45, 2.75) is 33.3 Å². The molecule has 0 saturated carbocycles. The van der Waals surface area contributed by atoms with E-state index >= 15 is 0 Å². The SMILES string of the molecule is CC(C)(CC(=O)[O-])CC(=O)Nc1ccc(OC(F)F)cc1. The van der Waals surface area contributed by atoms with Gasteiger partial charge in [0, 0.05) is 18.1 Å².